The minimum atomic E-state index is -1.01. The van der Waals surface area contributed by atoms with Gasteiger partial charge in [0, 0.05) is 12.2 Å². The van der Waals surface area contributed by atoms with Gasteiger partial charge in [-0.15, -0.1) is 0 Å². The van der Waals surface area contributed by atoms with Crippen LogP contribution in [0.15, 0.2) is 58.5 Å². The lowest BCUT2D eigenvalue weighted by Crippen LogP contribution is -2.36. The normalized spacial score (nSPS) is 15.2. The lowest BCUT2D eigenvalue weighted by Gasteiger charge is -2.23. The van der Waals surface area contributed by atoms with E-state index in [0.29, 0.717) is 16.5 Å². The number of aromatic nitrogens is 2. The van der Waals surface area contributed by atoms with Gasteiger partial charge in [0.15, 0.2) is 5.16 Å². The second-order valence-electron chi connectivity index (χ2n) is 6.82. The van der Waals surface area contributed by atoms with Crippen LogP contribution in [0.1, 0.15) is 23.5 Å². The molecule has 2 heterocycles. The molecular formula is C21H16ClFN4O3S. The van der Waals surface area contributed by atoms with Gasteiger partial charge >= 0.3 is 0 Å². The molecule has 4 rings (SSSR count). The summed E-state index contributed by atoms with van der Waals surface area (Å²) in [5.41, 5.74) is 0.812. The van der Waals surface area contributed by atoms with Gasteiger partial charge in [0.1, 0.15) is 11.6 Å². The number of hydrogen-bond donors (Lipinski definition) is 3. The molecule has 1 aliphatic heterocycles. The Balaban J connectivity index is 1.58. The van der Waals surface area contributed by atoms with Crippen LogP contribution < -0.4 is 16.2 Å². The van der Waals surface area contributed by atoms with E-state index < -0.39 is 23.3 Å². The van der Waals surface area contributed by atoms with Crippen LogP contribution in [0, 0.1) is 5.82 Å². The van der Waals surface area contributed by atoms with Gasteiger partial charge < -0.3 is 15.6 Å². The van der Waals surface area contributed by atoms with Crippen molar-refractivity contribution in [3.8, 4) is 0 Å². The number of aromatic amines is 1. The zero-order valence-electron chi connectivity index (χ0n) is 15.9. The molecule has 3 N–H and O–H groups in total. The largest absolute Gasteiger partial charge is 0.324 e. The molecule has 0 spiro atoms. The molecule has 0 fully saturated rings. The number of anilines is 2. The van der Waals surface area contributed by atoms with E-state index in [1.807, 2.05) is 0 Å². The maximum absolute atomic E-state index is 13.0. The van der Waals surface area contributed by atoms with E-state index >= 15 is 0 Å². The number of para-hydroxylation sites is 1. The van der Waals surface area contributed by atoms with Gasteiger partial charge in [0.05, 0.1) is 22.2 Å². The maximum atomic E-state index is 13.0. The van der Waals surface area contributed by atoms with Crippen LogP contribution in [-0.4, -0.2) is 21.8 Å². The van der Waals surface area contributed by atoms with Crippen LogP contribution in [0.4, 0.5) is 15.9 Å². The molecule has 2 aromatic carbocycles. The quantitative estimate of drug-likeness (QED) is 0.397. The average Bonchev–Trinajstić information content (AvgIpc) is 2.74. The van der Waals surface area contributed by atoms with Crippen molar-refractivity contribution < 1.29 is 14.0 Å². The van der Waals surface area contributed by atoms with Crippen LogP contribution in [0.3, 0.4) is 0 Å². The van der Waals surface area contributed by atoms with E-state index in [0.717, 1.165) is 5.56 Å². The number of hydrogen-bond acceptors (Lipinski definition) is 5. The first kappa shape index (κ1) is 21.1. The minimum absolute atomic E-state index is 0.0564. The first-order chi connectivity index (χ1) is 14.9. The number of carbonyl (C=O) groups excluding carboxylic acids is 2. The highest BCUT2D eigenvalue weighted by Gasteiger charge is 2.35. The molecule has 0 aliphatic carbocycles. The molecule has 1 aliphatic rings. The third-order valence-electron chi connectivity index (χ3n) is 4.67. The molecule has 3 aromatic rings. The molecule has 1 unspecified atom stereocenters. The van der Waals surface area contributed by atoms with Crippen molar-refractivity contribution in [2.45, 2.75) is 23.2 Å². The van der Waals surface area contributed by atoms with Gasteiger partial charge in [-0.3, -0.25) is 14.4 Å². The monoisotopic (exact) mass is 458 g/mol. The SMILES string of the molecule is O=C1CC(C(=O)Nc2ccccc2Cl)c2c(nc(SCc3ccc(F)cc3)[nH]c2=O)N1. The summed E-state index contributed by atoms with van der Waals surface area (Å²) < 4.78 is 13.0. The van der Waals surface area contributed by atoms with Crippen molar-refractivity contribution in [2.75, 3.05) is 10.6 Å². The highest BCUT2D eigenvalue weighted by atomic mass is 35.5. The molecule has 0 bridgehead atoms. The molecule has 10 heteroatoms. The maximum Gasteiger partial charge on any atom is 0.257 e. The Hall–Kier alpha value is -3.17. The Bertz CT molecular complexity index is 1220. The predicted molar refractivity (Wildman–Crippen MR) is 117 cm³/mol. The number of nitrogens with one attached hydrogen (secondary N) is 3. The number of rotatable bonds is 5. The summed E-state index contributed by atoms with van der Waals surface area (Å²) in [7, 11) is 0. The van der Waals surface area contributed by atoms with E-state index in [1.165, 1.54) is 23.9 Å². The number of thioether (sulfide) groups is 1. The zero-order chi connectivity index (χ0) is 22.0. The first-order valence-corrected chi connectivity index (χ1v) is 10.6. The molecule has 0 saturated heterocycles. The fourth-order valence-electron chi connectivity index (χ4n) is 3.16. The summed E-state index contributed by atoms with van der Waals surface area (Å²) in [6.07, 6.45) is -0.184. The summed E-state index contributed by atoms with van der Waals surface area (Å²) in [5, 5.41) is 5.86. The highest BCUT2D eigenvalue weighted by Crippen LogP contribution is 2.31. The van der Waals surface area contributed by atoms with Gasteiger partial charge in [-0.1, -0.05) is 47.6 Å². The van der Waals surface area contributed by atoms with Crippen molar-refractivity contribution >= 4 is 46.7 Å². The molecule has 31 heavy (non-hydrogen) atoms. The molecule has 1 atom stereocenters. The Labute approximate surface area is 185 Å². The van der Waals surface area contributed by atoms with Crippen molar-refractivity contribution in [3.05, 3.63) is 80.9 Å². The molecule has 7 nitrogen and oxygen atoms in total. The van der Waals surface area contributed by atoms with Gasteiger partial charge in [0.2, 0.25) is 11.8 Å². The number of amides is 2. The van der Waals surface area contributed by atoms with Gasteiger partial charge in [-0.05, 0) is 29.8 Å². The van der Waals surface area contributed by atoms with E-state index in [4.69, 9.17) is 11.6 Å². The molecule has 158 valence electrons. The Morgan fingerprint density at radius 1 is 1.19 bits per heavy atom. The molecule has 2 amide bonds. The molecular weight excluding hydrogens is 443 g/mol. The Morgan fingerprint density at radius 2 is 1.94 bits per heavy atom. The average molecular weight is 459 g/mol. The first-order valence-electron chi connectivity index (χ1n) is 9.27. The van der Waals surface area contributed by atoms with Gasteiger partial charge in [0.25, 0.3) is 5.56 Å². The molecule has 0 radical (unpaired) electrons. The van der Waals surface area contributed by atoms with Crippen LogP contribution in [0.2, 0.25) is 5.02 Å². The fraction of sp³-hybridized carbons (Fsp3) is 0.143. The number of carbonyl (C=O) groups is 2. The highest BCUT2D eigenvalue weighted by molar-refractivity contribution is 7.98. The molecule has 0 saturated carbocycles. The van der Waals surface area contributed by atoms with Crippen molar-refractivity contribution in [2.24, 2.45) is 0 Å². The number of benzene rings is 2. The van der Waals surface area contributed by atoms with Crippen LogP contribution in [0.5, 0.6) is 0 Å². The standard InChI is InChI=1S/C21H16ClFN4O3S/c22-14-3-1-2-4-15(14)24-19(29)13-9-16(28)25-18-17(13)20(30)27-21(26-18)31-10-11-5-7-12(23)8-6-11/h1-8,13H,9-10H2,(H,24,29)(H2,25,26,27,28,30). The van der Waals surface area contributed by atoms with E-state index in [-0.39, 0.29) is 28.8 Å². The van der Waals surface area contributed by atoms with Crippen molar-refractivity contribution in [1.29, 1.82) is 0 Å². The minimum Gasteiger partial charge on any atom is -0.324 e. The number of halogens is 2. The van der Waals surface area contributed by atoms with Crippen LogP contribution in [0.25, 0.3) is 0 Å². The topological polar surface area (TPSA) is 104 Å². The third kappa shape index (κ3) is 4.78. The second kappa shape index (κ2) is 8.91. The lowest BCUT2D eigenvalue weighted by molar-refractivity contribution is -0.123. The van der Waals surface area contributed by atoms with Gasteiger partial charge in [-0.2, -0.15) is 0 Å². The van der Waals surface area contributed by atoms with Crippen LogP contribution >= 0.6 is 23.4 Å². The molecule has 1 aromatic heterocycles. The second-order valence-corrected chi connectivity index (χ2v) is 8.19. The number of H-pyrrole nitrogens is 1. The van der Waals surface area contributed by atoms with Gasteiger partial charge in [-0.25, -0.2) is 9.37 Å². The van der Waals surface area contributed by atoms with Crippen molar-refractivity contribution in [3.63, 3.8) is 0 Å². The van der Waals surface area contributed by atoms with Crippen LogP contribution in [-0.2, 0) is 15.3 Å². The Kier molecular flexibility index (Phi) is 6.06. The summed E-state index contributed by atoms with van der Waals surface area (Å²) in [6.45, 7) is 0. The Morgan fingerprint density at radius 3 is 2.68 bits per heavy atom. The van der Waals surface area contributed by atoms with Crippen molar-refractivity contribution in [1.82, 2.24) is 9.97 Å². The zero-order valence-corrected chi connectivity index (χ0v) is 17.5. The predicted octanol–water partition coefficient (Wildman–Crippen LogP) is 3.92. The number of nitrogens with zero attached hydrogens (tertiary/aromatic N) is 1. The number of fused-ring (bicyclic) bond motifs is 1. The summed E-state index contributed by atoms with van der Waals surface area (Å²) in [5.74, 6) is -1.79. The lowest BCUT2D eigenvalue weighted by atomic mass is 9.92. The van der Waals surface area contributed by atoms with E-state index in [9.17, 15) is 18.8 Å². The third-order valence-corrected chi connectivity index (χ3v) is 5.94. The summed E-state index contributed by atoms with van der Waals surface area (Å²) in [6, 6.07) is 12.6. The summed E-state index contributed by atoms with van der Waals surface area (Å²) >= 11 is 7.31. The van der Waals surface area contributed by atoms with E-state index in [1.54, 1.807) is 36.4 Å². The fourth-order valence-corrected chi connectivity index (χ4v) is 4.16. The smallest absolute Gasteiger partial charge is 0.257 e. The summed E-state index contributed by atoms with van der Waals surface area (Å²) in [4.78, 5) is 44.8. The van der Waals surface area contributed by atoms with E-state index in [2.05, 4.69) is 20.6 Å².